The minimum absolute atomic E-state index is 0.198. The van der Waals surface area contributed by atoms with Gasteiger partial charge in [0.15, 0.2) is 0 Å². The summed E-state index contributed by atoms with van der Waals surface area (Å²) in [5.74, 6) is 0.945. The standard InChI is InChI=1S/C17H21BrN2O/c1-3-10-21-17-8-7-15(18)11-14(17)12-20-13(2)16-6-4-5-9-19-16/h4-9,11,13,20H,3,10,12H2,1-2H3/t13-/m1/s1. The van der Waals surface area contributed by atoms with Gasteiger partial charge in [-0.1, -0.05) is 28.9 Å². The van der Waals surface area contributed by atoms with E-state index in [1.807, 2.05) is 36.5 Å². The number of hydrogen-bond acceptors (Lipinski definition) is 3. The smallest absolute Gasteiger partial charge is 0.123 e. The normalized spacial score (nSPS) is 12.1. The number of hydrogen-bond donors (Lipinski definition) is 1. The highest BCUT2D eigenvalue weighted by atomic mass is 79.9. The Kier molecular flexibility index (Phi) is 6.21. The largest absolute Gasteiger partial charge is 0.493 e. The summed E-state index contributed by atoms with van der Waals surface area (Å²) in [5.41, 5.74) is 2.20. The second-order valence-electron chi connectivity index (χ2n) is 4.96. The number of benzene rings is 1. The van der Waals surface area contributed by atoms with Crippen LogP contribution in [-0.2, 0) is 6.54 Å². The molecule has 0 radical (unpaired) electrons. The lowest BCUT2D eigenvalue weighted by atomic mass is 10.1. The molecule has 1 N–H and O–H groups in total. The third kappa shape index (κ3) is 4.83. The van der Waals surface area contributed by atoms with E-state index in [0.717, 1.165) is 41.1 Å². The number of halogens is 1. The highest BCUT2D eigenvalue weighted by molar-refractivity contribution is 9.10. The topological polar surface area (TPSA) is 34.1 Å². The third-order valence-corrected chi connectivity index (χ3v) is 3.71. The van der Waals surface area contributed by atoms with Crippen molar-refractivity contribution in [3.63, 3.8) is 0 Å². The fraction of sp³-hybridized carbons (Fsp3) is 0.353. The molecule has 0 fully saturated rings. The number of nitrogens with one attached hydrogen (secondary N) is 1. The van der Waals surface area contributed by atoms with Gasteiger partial charge in [-0.05, 0) is 43.7 Å². The molecule has 0 aliphatic heterocycles. The van der Waals surface area contributed by atoms with Crippen LogP contribution in [0.15, 0.2) is 47.1 Å². The molecular weight excluding hydrogens is 328 g/mol. The Hall–Kier alpha value is -1.39. The number of ether oxygens (including phenoxy) is 1. The van der Waals surface area contributed by atoms with Crippen LogP contribution in [-0.4, -0.2) is 11.6 Å². The van der Waals surface area contributed by atoms with E-state index < -0.39 is 0 Å². The van der Waals surface area contributed by atoms with Crippen LogP contribution in [0.3, 0.4) is 0 Å². The molecule has 2 aromatic rings. The molecule has 1 aromatic heterocycles. The van der Waals surface area contributed by atoms with Gasteiger partial charge >= 0.3 is 0 Å². The van der Waals surface area contributed by atoms with Crippen molar-refractivity contribution in [1.29, 1.82) is 0 Å². The molecule has 21 heavy (non-hydrogen) atoms. The molecule has 112 valence electrons. The van der Waals surface area contributed by atoms with Gasteiger partial charge in [-0.15, -0.1) is 0 Å². The zero-order chi connectivity index (χ0) is 15.1. The lowest BCUT2D eigenvalue weighted by molar-refractivity contribution is 0.312. The highest BCUT2D eigenvalue weighted by Gasteiger charge is 2.09. The predicted molar refractivity (Wildman–Crippen MR) is 89.4 cm³/mol. The van der Waals surface area contributed by atoms with Crippen molar-refractivity contribution < 1.29 is 4.74 Å². The molecule has 3 nitrogen and oxygen atoms in total. The van der Waals surface area contributed by atoms with Gasteiger partial charge < -0.3 is 10.1 Å². The molecule has 2 rings (SSSR count). The fourth-order valence-electron chi connectivity index (χ4n) is 2.04. The van der Waals surface area contributed by atoms with Crippen LogP contribution in [0.4, 0.5) is 0 Å². The zero-order valence-corrected chi connectivity index (χ0v) is 14.1. The first-order chi connectivity index (χ1) is 10.2. The number of aromatic nitrogens is 1. The molecule has 0 bridgehead atoms. The van der Waals surface area contributed by atoms with Crippen LogP contribution in [0.5, 0.6) is 5.75 Å². The van der Waals surface area contributed by atoms with E-state index in [1.165, 1.54) is 0 Å². The Morgan fingerprint density at radius 3 is 2.86 bits per heavy atom. The SMILES string of the molecule is CCCOc1ccc(Br)cc1CN[C@H](C)c1ccccn1. The molecular formula is C17H21BrN2O. The molecule has 0 saturated carbocycles. The Morgan fingerprint density at radius 1 is 1.29 bits per heavy atom. The Bertz CT molecular complexity index is 560. The maximum Gasteiger partial charge on any atom is 0.123 e. The van der Waals surface area contributed by atoms with Crippen molar-refractivity contribution in [2.75, 3.05) is 6.61 Å². The lowest BCUT2D eigenvalue weighted by Crippen LogP contribution is -2.19. The molecule has 1 atom stereocenters. The lowest BCUT2D eigenvalue weighted by Gasteiger charge is -2.16. The van der Waals surface area contributed by atoms with E-state index in [0.29, 0.717) is 0 Å². The summed E-state index contributed by atoms with van der Waals surface area (Å²) in [6, 6.07) is 12.3. The second-order valence-corrected chi connectivity index (χ2v) is 5.87. The minimum Gasteiger partial charge on any atom is -0.493 e. The molecule has 0 spiro atoms. The summed E-state index contributed by atoms with van der Waals surface area (Å²) in [5, 5.41) is 3.50. The predicted octanol–water partition coefficient (Wildman–Crippen LogP) is 4.48. The van der Waals surface area contributed by atoms with Crippen LogP contribution in [0.1, 0.15) is 37.6 Å². The van der Waals surface area contributed by atoms with Crippen molar-refractivity contribution >= 4 is 15.9 Å². The van der Waals surface area contributed by atoms with Crippen LogP contribution >= 0.6 is 15.9 Å². The van der Waals surface area contributed by atoms with E-state index in [1.54, 1.807) is 0 Å². The van der Waals surface area contributed by atoms with Gasteiger partial charge in [0.05, 0.1) is 12.3 Å². The van der Waals surface area contributed by atoms with Crippen LogP contribution < -0.4 is 10.1 Å². The second kappa shape index (κ2) is 8.15. The van der Waals surface area contributed by atoms with Crippen molar-refractivity contribution in [1.82, 2.24) is 10.3 Å². The van der Waals surface area contributed by atoms with E-state index >= 15 is 0 Å². The van der Waals surface area contributed by atoms with Crippen LogP contribution in [0, 0.1) is 0 Å². The quantitative estimate of drug-likeness (QED) is 0.800. The van der Waals surface area contributed by atoms with Crippen molar-refractivity contribution in [3.8, 4) is 5.75 Å². The van der Waals surface area contributed by atoms with Crippen LogP contribution in [0.2, 0.25) is 0 Å². The van der Waals surface area contributed by atoms with E-state index in [4.69, 9.17) is 4.74 Å². The summed E-state index contributed by atoms with van der Waals surface area (Å²) in [7, 11) is 0. The molecule has 4 heteroatoms. The first-order valence-corrected chi connectivity index (χ1v) is 8.05. The van der Waals surface area contributed by atoms with Crippen LogP contribution in [0.25, 0.3) is 0 Å². The molecule has 1 aromatic carbocycles. The van der Waals surface area contributed by atoms with Gasteiger partial charge in [0.25, 0.3) is 0 Å². The summed E-state index contributed by atoms with van der Waals surface area (Å²) in [4.78, 5) is 4.38. The van der Waals surface area contributed by atoms with Gasteiger partial charge in [-0.2, -0.15) is 0 Å². The number of nitrogens with zero attached hydrogens (tertiary/aromatic N) is 1. The molecule has 1 heterocycles. The Balaban J connectivity index is 2.03. The van der Waals surface area contributed by atoms with E-state index in [2.05, 4.69) is 46.1 Å². The van der Waals surface area contributed by atoms with E-state index in [9.17, 15) is 0 Å². The summed E-state index contributed by atoms with van der Waals surface area (Å²) >= 11 is 3.52. The zero-order valence-electron chi connectivity index (χ0n) is 12.5. The van der Waals surface area contributed by atoms with Gasteiger partial charge in [0, 0.05) is 28.8 Å². The average Bonchev–Trinajstić information content (AvgIpc) is 2.52. The van der Waals surface area contributed by atoms with Gasteiger partial charge in [0.2, 0.25) is 0 Å². The Labute approximate surface area is 134 Å². The maximum absolute atomic E-state index is 5.80. The third-order valence-electron chi connectivity index (χ3n) is 3.21. The number of rotatable bonds is 7. The first-order valence-electron chi connectivity index (χ1n) is 7.26. The molecule has 0 aliphatic rings. The van der Waals surface area contributed by atoms with E-state index in [-0.39, 0.29) is 6.04 Å². The first kappa shape index (κ1) is 16.0. The summed E-state index contributed by atoms with van der Waals surface area (Å²) in [6.07, 6.45) is 2.83. The molecule has 0 saturated heterocycles. The van der Waals surface area contributed by atoms with Crippen molar-refractivity contribution in [3.05, 3.63) is 58.3 Å². The maximum atomic E-state index is 5.80. The van der Waals surface area contributed by atoms with Gasteiger partial charge in [0.1, 0.15) is 5.75 Å². The monoisotopic (exact) mass is 348 g/mol. The summed E-state index contributed by atoms with van der Waals surface area (Å²) < 4.78 is 6.87. The van der Waals surface area contributed by atoms with Gasteiger partial charge in [-0.3, -0.25) is 4.98 Å². The number of pyridine rings is 1. The fourth-order valence-corrected chi connectivity index (χ4v) is 2.45. The molecule has 0 amide bonds. The molecule has 0 unspecified atom stereocenters. The summed E-state index contributed by atoms with van der Waals surface area (Å²) in [6.45, 7) is 5.72. The van der Waals surface area contributed by atoms with Crippen molar-refractivity contribution in [2.45, 2.75) is 32.9 Å². The van der Waals surface area contributed by atoms with Crippen molar-refractivity contribution in [2.24, 2.45) is 0 Å². The highest BCUT2D eigenvalue weighted by Crippen LogP contribution is 2.24. The Morgan fingerprint density at radius 2 is 2.14 bits per heavy atom. The average molecular weight is 349 g/mol. The minimum atomic E-state index is 0.198. The molecule has 0 aliphatic carbocycles. The van der Waals surface area contributed by atoms with Gasteiger partial charge in [-0.25, -0.2) is 0 Å².